The first-order chi connectivity index (χ1) is 12.7. The van der Waals surface area contributed by atoms with Gasteiger partial charge in [0.15, 0.2) is 11.5 Å². The summed E-state index contributed by atoms with van der Waals surface area (Å²) in [4.78, 5) is 24.2. The molecule has 0 fully saturated rings. The van der Waals surface area contributed by atoms with Gasteiger partial charge in [0.25, 0.3) is 5.56 Å². The zero-order valence-corrected chi connectivity index (χ0v) is 14.9. The molecule has 0 bridgehead atoms. The molecule has 0 atom stereocenters. The third-order valence-corrected chi connectivity index (χ3v) is 4.32. The number of aryl methyl sites for hydroxylation is 2. The van der Waals surface area contributed by atoms with Gasteiger partial charge >= 0.3 is 0 Å². The Kier molecular flexibility index (Phi) is 5.88. The lowest BCUT2D eigenvalue weighted by Crippen LogP contribution is -2.36. The molecule has 0 radical (unpaired) electrons. The van der Waals surface area contributed by atoms with Crippen LogP contribution in [0.4, 0.5) is 0 Å². The van der Waals surface area contributed by atoms with Gasteiger partial charge in [0.1, 0.15) is 13.2 Å². The topological polar surface area (TPSA) is 82.4 Å². The standard InChI is InChI=1S/C19H23N3O4/c1-25-16-8-4-5-9-17(16)26-11-10-20-18(23)13-22-19(24)12-14-6-2-3-7-15(14)21-22/h4-5,8-9,12H,2-3,6-7,10-11,13H2,1H3,(H,20,23). The van der Waals surface area contributed by atoms with Crippen LogP contribution in [0.3, 0.4) is 0 Å². The van der Waals surface area contributed by atoms with E-state index in [9.17, 15) is 9.59 Å². The summed E-state index contributed by atoms with van der Waals surface area (Å²) < 4.78 is 12.0. The van der Waals surface area contributed by atoms with Gasteiger partial charge in [0.05, 0.1) is 19.3 Å². The van der Waals surface area contributed by atoms with Crippen molar-refractivity contribution >= 4 is 5.91 Å². The number of hydrogen-bond acceptors (Lipinski definition) is 5. The van der Waals surface area contributed by atoms with Crippen molar-refractivity contribution in [2.24, 2.45) is 0 Å². The fourth-order valence-electron chi connectivity index (χ4n) is 3.00. The molecule has 0 spiro atoms. The second kappa shape index (κ2) is 8.51. The van der Waals surface area contributed by atoms with Crippen LogP contribution in [0.1, 0.15) is 24.1 Å². The second-order valence-electron chi connectivity index (χ2n) is 6.17. The summed E-state index contributed by atoms with van der Waals surface area (Å²) >= 11 is 0. The van der Waals surface area contributed by atoms with Crippen LogP contribution in [-0.4, -0.2) is 35.9 Å². The number of fused-ring (bicyclic) bond motifs is 1. The zero-order valence-electron chi connectivity index (χ0n) is 14.9. The average Bonchev–Trinajstić information content (AvgIpc) is 2.66. The van der Waals surface area contributed by atoms with Crippen LogP contribution in [0.2, 0.25) is 0 Å². The number of nitrogens with one attached hydrogen (secondary N) is 1. The number of ether oxygens (including phenoxy) is 2. The highest BCUT2D eigenvalue weighted by molar-refractivity contribution is 5.75. The van der Waals surface area contributed by atoms with Crippen molar-refractivity contribution in [1.29, 1.82) is 0 Å². The molecule has 1 aliphatic carbocycles. The Morgan fingerprint density at radius 3 is 2.81 bits per heavy atom. The molecule has 1 aromatic carbocycles. The van der Waals surface area contributed by atoms with Crippen LogP contribution >= 0.6 is 0 Å². The number of carbonyl (C=O) groups is 1. The zero-order chi connectivity index (χ0) is 18.4. The van der Waals surface area contributed by atoms with E-state index in [-0.39, 0.29) is 18.0 Å². The molecule has 0 aliphatic heterocycles. The van der Waals surface area contributed by atoms with E-state index in [0.717, 1.165) is 36.9 Å². The fraction of sp³-hybridized carbons (Fsp3) is 0.421. The van der Waals surface area contributed by atoms with Crippen LogP contribution < -0.4 is 20.3 Å². The summed E-state index contributed by atoms with van der Waals surface area (Å²) in [5, 5.41) is 7.09. The summed E-state index contributed by atoms with van der Waals surface area (Å²) in [6.07, 6.45) is 3.92. The highest BCUT2D eigenvalue weighted by Gasteiger charge is 2.14. The normalized spacial score (nSPS) is 13.0. The van der Waals surface area contributed by atoms with Gasteiger partial charge in [-0.3, -0.25) is 9.59 Å². The molecule has 0 unspecified atom stereocenters. The lowest BCUT2D eigenvalue weighted by Gasteiger charge is -2.15. The maximum atomic E-state index is 12.1. The van der Waals surface area contributed by atoms with E-state index in [1.807, 2.05) is 18.2 Å². The molecule has 1 N–H and O–H groups in total. The number of methoxy groups -OCH3 is 1. The lowest BCUT2D eigenvalue weighted by molar-refractivity contribution is -0.122. The van der Waals surface area contributed by atoms with E-state index in [4.69, 9.17) is 9.47 Å². The predicted molar refractivity (Wildman–Crippen MR) is 96.6 cm³/mol. The van der Waals surface area contributed by atoms with E-state index >= 15 is 0 Å². The minimum absolute atomic E-state index is 0.0826. The van der Waals surface area contributed by atoms with Gasteiger partial charge in [-0.2, -0.15) is 5.10 Å². The number of nitrogens with zero attached hydrogens (tertiary/aromatic N) is 2. The first-order valence-corrected chi connectivity index (χ1v) is 8.80. The van der Waals surface area contributed by atoms with Crippen molar-refractivity contribution in [3.63, 3.8) is 0 Å². The van der Waals surface area contributed by atoms with Crippen molar-refractivity contribution < 1.29 is 14.3 Å². The van der Waals surface area contributed by atoms with E-state index in [1.54, 1.807) is 19.2 Å². The summed E-state index contributed by atoms with van der Waals surface area (Å²) in [5.74, 6) is 0.999. The molecule has 0 saturated carbocycles. The number of amides is 1. The molecule has 1 aliphatic rings. The van der Waals surface area contributed by atoms with E-state index in [0.29, 0.717) is 24.7 Å². The Morgan fingerprint density at radius 2 is 2.00 bits per heavy atom. The summed E-state index contributed by atoms with van der Waals surface area (Å²) in [6.45, 7) is 0.552. The second-order valence-corrected chi connectivity index (χ2v) is 6.17. The molecule has 26 heavy (non-hydrogen) atoms. The molecule has 3 rings (SSSR count). The Morgan fingerprint density at radius 1 is 1.23 bits per heavy atom. The smallest absolute Gasteiger partial charge is 0.267 e. The van der Waals surface area contributed by atoms with Gasteiger partial charge in [-0.1, -0.05) is 12.1 Å². The third-order valence-electron chi connectivity index (χ3n) is 4.32. The van der Waals surface area contributed by atoms with Gasteiger partial charge in [-0.25, -0.2) is 4.68 Å². The Labute approximate surface area is 151 Å². The van der Waals surface area contributed by atoms with Gasteiger partial charge < -0.3 is 14.8 Å². The highest BCUT2D eigenvalue weighted by Crippen LogP contribution is 2.25. The van der Waals surface area contributed by atoms with Crippen LogP contribution in [-0.2, 0) is 24.2 Å². The van der Waals surface area contributed by atoms with Crippen molar-refractivity contribution in [1.82, 2.24) is 15.1 Å². The summed E-state index contributed by atoms with van der Waals surface area (Å²) in [6, 6.07) is 8.93. The largest absolute Gasteiger partial charge is 0.493 e. The monoisotopic (exact) mass is 357 g/mol. The molecular formula is C19H23N3O4. The Hall–Kier alpha value is -2.83. The number of para-hydroxylation sites is 2. The molecule has 1 amide bonds. The third kappa shape index (κ3) is 4.41. The number of carbonyl (C=O) groups excluding carboxylic acids is 1. The average molecular weight is 357 g/mol. The van der Waals surface area contributed by atoms with Gasteiger partial charge in [0.2, 0.25) is 5.91 Å². The van der Waals surface area contributed by atoms with Crippen molar-refractivity contribution in [3.05, 3.63) is 51.9 Å². The maximum Gasteiger partial charge on any atom is 0.267 e. The Bertz CT molecular complexity index is 832. The number of rotatable bonds is 7. The molecule has 7 heteroatoms. The van der Waals surface area contributed by atoms with Crippen molar-refractivity contribution in [2.75, 3.05) is 20.3 Å². The van der Waals surface area contributed by atoms with Crippen LogP contribution in [0.15, 0.2) is 35.1 Å². The predicted octanol–water partition coefficient (Wildman–Crippen LogP) is 1.33. The van der Waals surface area contributed by atoms with E-state index in [1.165, 1.54) is 4.68 Å². The molecular weight excluding hydrogens is 334 g/mol. The minimum atomic E-state index is -0.265. The molecule has 7 nitrogen and oxygen atoms in total. The number of benzene rings is 1. The first kappa shape index (κ1) is 18.0. The lowest BCUT2D eigenvalue weighted by atomic mass is 9.97. The number of hydrogen-bond donors (Lipinski definition) is 1. The highest BCUT2D eigenvalue weighted by atomic mass is 16.5. The van der Waals surface area contributed by atoms with Crippen LogP contribution in [0, 0.1) is 0 Å². The van der Waals surface area contributed by atoms with Gasteiger partial charge in [0, 0.05) is 6.07 Å². The van der Waals surface area contributed by atoms with E-state index in [2.05, 4.69) is 10.4 Å². The SMILES string of the molecule is COc1ccccc1OCCNC(=O)Cn1nc2c(cc1=O)CCCC2. The number of aromatic nitrogens is 2. The molecule has 2 aromatic rings. The van der Waals surface area contributed by atoms with Crippen LogP contribution in [0.5, 0.6) is 11.5 Å². The molecule has 1 aromatic heterocycles. The summed E-state index contributed by atoms with van der Waals surface area (Å²) in [5.41, 5.74) is 1.72. The molecule has 0 saturated heterocycles. The minimum Gasteiger partial charge on any atom is -0.493 e. The fourth-order valence-corrected chi connectivity index (χ4v) is 3.00. The van der Waals surface area contributed by atoms with Crippen LogP contribution in [0.25, 0.3) is 0 Å². The Balaban J connectivity index is 1.49. The molecule has 138 valence electrons. The first-order valence-electron chi connectivity index (χ1n) is 8.80. The van der Waals surface area contributed by atoms with Crippen molar-refractivity contribution in [3.8, 4) is 11.5 Å². The van der Waals surface area contributed by atoms with Crippen molar-refractivity contribution in [2.45, 2.75) is 32.2 Å². The maximum absolute atomic E-state index is 12.1. The molecule has 1 heterocycles. The van der Waals surface area contributed by atoms with Gasteiger partial charge in [-0.05, 0) is 43.4 Å². The van der Waals surface area contributed by atoms with E-state index < -0.39 is 0 Å². The summed E-state index contributed by atoms with van der Waals surface area (Å²) in [7, 11) is 1.58. The quantitative estimate of drug-likeness (QED) is 0.756. The van der Waals surface area contributed by atoms with Gasteiger partial charge in [-0.15, -0.1) is 0 Å².